The first-order valence-electron chi connectivity index (χ1n) is 4.16. The molecule has 3 N–H and O–H groups in total. The average Bonchev–Trinajstić information content (AvgIpc) is 2.10. The van der Waals surface area contributed by atoms with Crippen molar-refractivity contribution in [2.24, 2.45) is 4.99 Å². The lowest BCUT2D eigenvalue weighted by Crippen LogP contribution is -2.11. The summed E-state index contributed by atoms with van der Waals surface area (Å²) in [5, 5.41) is 8.80. The van der Waals surface area contributed by atoms with Crippen molar-refractivity contribution in [1.82, 2.24) is 15.4 Å². The molecule has 0 aromatic carbocycles. The third-order valence-electron chi connectivity index (χ3n) is 1.56. The molecular weight excluding hydrogens is 204 g/mol. The van der Waals surface area contributed by atoms with E-state index in [2.05, 4.69) is 27.3 Å². The van der Waals surface area contributed by atoms with Crippen molar-refractivity contribution < 1.29 is 0 Å². The van der Waals surface area contributed by atoms with Crippen LogP contribution in [0.5, 0.6) is 0 Å². The van der Waals surface area contributed by atoms with Crippen LogP contribution in [-0.2, 0) is 0 Å². The molecular formula is C7H12N4S2. The summed E-state index contributed by atoms with van der Waals surface area (Å²) in [7, 11) is 0. The van der Waals surface area contributed by atoms with Gasteiger partial charge in [-0.15, -0.1) is 0 Å². The third kappa shape index (κ3) is 2.89. The molecule has 1 aromatic rings. The monoisotopic (exact) mass is 216 g/mol. The van der Waals surface area contributed by atoms with Crippen LogP contribution in [0.2, 0.25) is 0 Å². The molecule has 0 amide bonds. The van der Waals surface area contributed by atoms with Crippen molar-refractivity contribution in [2.45, 2.75) is 19.8 Å². The van der Waals surface area contributed by atoms with E-state index in [9.17, 15) is 0 Å². The summed E-state index contributed by atoms with van der Waals surface area (Å²) < 4.78 is 1.11. The van der Waals surface area contributed by atoms with Crippen LogP contribution in [0, 0.1) is 9.28 Å². The van der Waals surface area contributed by atoms with Crippen molar-refractivity contribution in [3.63, 3.8) is 0 Å². The molecule has 0 bridgehead atoms. The Kier molecular flexibility index (Phi) is 4.04. The fourth-order valence-corrected chi connectivity index (χ4v) is 1.36. The van der Waals surface area contributed by atoms with Gasteiger partial charge in [-0.3, -0.25) is 15.2 Å². The highest BCUT2D eigenvalue weighted by Crippen LogP contribution is 1.85. The molecule has 6 heteroatoms. The second-order valence-corrected chi connectivity index (χ2v) is 3.43. The highest BCUT2D eigenvalue weighted by molar-refractivity contribution is 7.72. The minimum absolute atomic E-state index is 0.555. The minimum atomic E-state index is 0.555. The molecule has 0 saturated carbocycles. The van der Waals surface area contributed by atoms with E-state index in [0.717, 1.165) is 19.4 Å². The van der Waals surface area contributed by atoms with Gasteiger partial charge in [0.1, 0.15) is 14.6 Å². The number of rotatable bonds is 3. The summed E-state index contributed by atoms with van der Waals surface area (Å²) in [6.45, 7) is 2.89. The first-order valence-corrected chi connectivity index (χ1v) is 4.97. The Labute approximate surface area is 86.1 Å². The largest absolute Gasteiger partial charge is 0.279 e. The molecule has 0 aliphatic heterocycles. The lowest BCUT2D eigenvalue weighted by atomic mass is 10.3. The van der Waals surface area contributed by atoms with E-state index in [-0.39, 0.29) is 0 Å². The maximum absolute atomic E-state index is 5.02. The molecule has 4 nitrogen and oxygen atoms in total. The van der Waals surface area contributed by atoms with E-state index in [1.165, 1.54) is 0 Å². The molecule has 0 spiro atoms. The summed E-state index contributed by atoms with van der Waals surface area (Å²) in [6, 6.07) is 0. The Morgan fingerprint density at radius 3 is 2.38 bits per heavy atom. The van der Waals surface area contributed by atoms with Crippen LogP contribution < -0.4 is 5.36 Å². The SMILES string of the molecule is CCCCN=c1c(=S)[nH][nH][nH]c1=S. The Balaban J connectivity index is 3.06. The molecule has 72 valence electrons. The van der Waals surface area contributed by atoms with Gasteiger partial charge in [-0.05, 0) is 6.42 Å². The molecule has 0 aliphatic rings. The van der Waals surface area contributed by atoms with E-state index < -0.39 is 0 Å². The molecule has 1 rings (SSSR count). The van der Waals surface area contributed by atoms with Gasteiger partial charge >= 0.3 is 0 Å². The van der Waals surface area contributed by atoms with Crippen LogP contribution in [0.15, 0.2) is 4.99 Å². The van der Waals surface area contributed by atoms with Gasteiger partial charge in [-0.25, -0.2) is 5.21 Å². The molecule has 1 aromatic heterocycles. The number of hydrogen-bond acceptors (Lipinski definition) is 3. The van der Waals surface area contributed by atoms with Gasteiger partial charge in [0.2, 0.25) is 0 Å². The predicted molar refractivity (Wildman–Crippen MR) is 56.5 cm³/mol. The molecule has 0 fully saturated rings. The highest BCUT2D eigenvalue weighted by atomic mass is 32.1. The van der Waals surface area contributed by atoms with E-state index in [1.54, 1.807) is 0 Å². The van der Waals surface area contributed by atoms with Crippen LogP contribution in [0.4, 0.5) is 0 Å². The third-order valence-corrected chi connectivity index (χ3v) is 2.15. The predicted octanol–water partition coefficient (Wildman–Crippen LogP) is 1.83. The second-order valence-electron chi connectivity index (χ2n) is 2.62. The zero-order valence-electron chi connectivity index (χ0n) is 7.39. The molecule has 0 unspecified atom stereocenters. The average molecular weight is 216 g/mol. The number of unbranched alkanes of at least 4 members (excludes halogenated alkanes) is 1. The van der Waals surface area contributed by atoms with Gasteiger partial charge in [-0.2, -0.15) is 0 Å². The number of nitrogens with one attached hydrogen (secondary N) is 3. The van der Waals surface area contributed by atoms with Gasteiger partial charge in [0.25, 0.3) is 0 Å². The zero-order chi connectivity index (χ0) is 9.68. The number of H-pyrrole nitrogens is 3. The smallest absolute Gasteiger partial charge is 0.147 e. The quantitative estimate of drug-likeness (QED) is 0.533. The first-order chi connectivity index (χ1) is 6.25. The molecule has 0 aliphatic carbocycles. The van der Waals surface area contributed by atoms with Crippen molar-refractivity contribution in [2.75, 3.05) is 6.54 Å². The van der Waals surface area contributed by atoms with E-state index in [4.69, 9.17) is 24.4 Å². The summed E-state index contributed by atoms with van der Waals surface area (Å²) in [4.78, 5) is 4.30. The molecule has 1 heterocycles. The van der Waals surface area contributed by atoms with Crippen molar-refractivity contribution in [3.05, 3.63) is 14.6 Å². The fraction of sp³-hybridized carbons (Fsp3) is 0.571. The Bertz CT molecular complexity index is 394. The minimum Gasteiger partial charge on any atom is -0.279 e. The molecule has 0 radical (unpaired) electrons. The normalized spacial score (nSPS) is 9.92. The van der Waals surface area contributed by atoms with Crippen LogP contribution in [0.1, 0.15) is 19.8 Å². The maximum Gasteiger partial charge on any atom is 0.147 e. The zero-order valence-corrected chi connectivity index (χ0v) is 9.02. The van der Waals surface area contributed by atoms with E-state index in [0.29, 0.717) is 14.6 Å². The highest BCUT2D eigenvalue weighted by Gasteiger charge is 1.88. The summed E-state index contributed by atoms with van der Waals surface area (Å²) in [6.07, 6.45) is 2.18. The lowest BCUT2D eigenvalue weighted by molar-refractivity contribution is 0.772. The van der Waals surface area contributed by atoms with Gasteiger partial charge in [-0.1, -0.05) is 37.8 Å². The number of hydrogen-bond donors (Lipinski definition) is 3. The van der Waals surface area contributed by atoms with E-state index in [1.807, 2.05) is 0 Å². The van der Waals surface area contributed by atoms with Crippen molar-refractivity contribution in [1.29, 1.82) is 0 Å². The fourth-order valence-electron chi connectivity index (χ4n) is 0.859. The van der Waals surface area contributed by atoms with Crippen LogP contribution in [0.25, 0.3) is 0 Å². The Morgan fingerprint density at radius 2 is 1.85 bits per heavy atom. The summed E-state index contributed by atoms with van der Waals surface area (Å²) in [5.41, 5.74) is 0. The second kappa shape index (κ2) is 5.08. The van der Waals surface area contributed by atoms with E-state index >= 15 is 0 Å². The first kappa shape index (κ1) is 10.3. The maximum atomic E-state index is 5.02. The van der Waals surface area contributed by atoms with Crippen LogP contribution in [-0.4, -0.2) is 22.0 Å². The van der Waals surface area contributed by atoms with Gasteiger partial charge in [0.05, 0.1) is 0 Å². The topological polar surface area (TPSA) is 59.7 Å². The number of nitrogens with zero attached hydrogens (tertiary/aromatic N) is 1. The molecule has 0 saturated heterocycles. The van der Waals surface area contributed by atoms with Crippen LogP contribution >= 0.6 is 24.4 Å². The molecule has 13 heavy (non-hydrogen) atoms. The summed E-state index contributed by atoms with van der Waals surface area (Å²) in [5.74, 6) is 0. The van der Waals surface area contributed by atoms with Gasteiger partial charge in [0.15, 0.2) is 0 Å². The van der Waals surface area contributed by atoms with Crippen molar-refractivity contribution >= 4 is 24.4 Å². The van der Waals surface area contributed by atoms with Crippen molar-refractivity contribution in [3.8, 4) is 0 Å². The lowest BCUT2D eigenvalue weighted by Gasteiger charge is -1.91. The number of aromatic amines is 3. The molecule has 0 atom stereocenters. The Hall–Kier alpha value is -0.750. The Morgan fingerprint density at radius 1 is 1.23 bits per heavy atom. The van der Waals surface area contributed by atoms with Gasteiger partial charge < -0.3 is 0 Å². The standard InChI is InChI=1S/C7H12N4S2/c1-2-3-4-8-5-6(12)9-11-10-7(5)13/h2-4H2,1H3,(H,8,11)(H2,9,10,12,13). The van der Waals surface area contributed by atoms with Crippen LogP contribution in [0.3, 0.4) is 0 Å². The number of aromatic nitrogens is 3. The summed E-state index contributed by atoms with van der Waals surface area (Å²) >= 11 is 10.0. The van der Waals surface area contributed by atoms with Gasteiger partial charge in [0, 0.05) is 6.54 Å².